The smallest absolute Gasteiger partial charge is 0.159 e. The summed E-state index contributed by atoms with van der Waals surface area (Å²) in [6, 6.07) is 9.59. The summed E-state index contributed by atoms with van der Waals surface area (Å²) in [4.78, 5) is 18.7. The van der Waals surface area contributed by atoms with Crippen molar-refractivity contribution in [2.45, 2.75) is 140 Å². The summed E-state index contributed by atoms with van der Waals surface area (Å²) >= 11 is 0. The van der Waals surface area contributed by atoms with E-state index in [1.165, 1.54) is 17.4 Å². The zero-order valence-corrected chi connectivity index (χ0v) is 39.6. The number of ether oxygens (including phenoxy) is 3. The molecule has 328 valence electrons. The van der Waals surface area contributed by atoms with Crippen molar-refractivity contribution in [1.29, 1.82) is 5.26 Å². The van der Waals surface area contributed by atoms with Gasteiger partial charge in [-0.1, -0.05) is 53.1 Å². The van der Waals surface area contributed by atoms with E-state index >= 15 is 0 Å². The SMILES string of the molecule is C[C@@H]1C[C@H](N)C[C@@H]1c1cnc2cnc3c(ccn3COCC[Si](C)(C)C)n12.C[C@@H]1C[C@H](NC2(CC#N)COC2)C[C@@H]1c1cnc2cnc3c(ccn3COCC[Si](C)(C)C)n12. The molecule has 0 amide bonds. The number of imidazole rings is 2. The molecule has 3 aliphatic rings. The van der Waals surface area contributed by atoms with Crippen LogP contribution in [0.5, 0.6) is 0 Å². The molecule has 6 atom stereocenters. The van der Waals surface area contributed by atoms with E-state index in [0.29, 0.717) is 62.8 Å². The molecule has 3 fully saturated rings. The maximum Gasteiger partial charge on any atom is 0.159 e. The lowest BCUT2D eigenvalue weighted by Crippen LogP contribution is -2.62. The van der Waals surface area contributed by atoms with Gasteiger partial charge in [-0.15, -0.1) is 0 Å². The molecule has 0 spiro atoms. The fourth-order valence-electron chi connectivity index (χ4n) is 9.71. The third-order valence-electron chi connectivity index (χ3n) is 13.2. The van der Waals surface area contributed by atoms with Gasteiger partial charge in [-0.25, -0.2) is 19.9 Å². The third-order valence-corrected chi connectivity index (χ3v) is 16.7. The minimum Gasteiger partial charge on any atom is -0.377 e. The molecular formula is C45H67N11O3Si2. The molecule has 0 aromatic carbocycles. The van der Waals surface area contributed by atoms with Crippen LogP contribution in [-0.4, -0.2) is 98.1 Å². The van der Waals surface area contributed by atoms with Crippen LogP contribution >= 0.6 is 0 Å². The van der Waals surface area contributed by atoms with E-state index in [0.717, 1.165) is 78.6 Å². The predicted octanol–water partition coefficient (Wildman–Crippen LogP) is 7.99. The van der Waals surface area contributed by atoms with Crippen molar-refractivity contribution in [3.8, 4) is 6.07 Å². The molecule has 0 radical (unpaired) electrons. The van der Waals surface area contributed by atoms with Gasteiger partial charge in [-0.2, -0.15) is 5.26 Å². The number of nitriles is 1. The average molecular weight is 866 g/mol. The van der Waals surface area contributed by atoms with Crippen molar-refractivity contribution in [2.24, 2.45) is 17.6 Å². The molecule has 0 bridgehead atoms. The summed E-state index contributed by atoms with van der Waals surface area (Å²) < 4.78 is 26.1. The molecule has 61 heavy (non-hydrogen) atoms. The van der Waals surface area contributed by atoms with Crippen molar-refractivity contribution in [3.05, 3.63) is 60.7 Å². The van der Waals surface area contributed by atoms with Gasteiger partial charge in [-0.05, 0) is 61.7 Å². The second kappa shape index (κ2) is 17.7. The number of hydrogen-bond acceptors (Lipinski definition) is 10. The number of fused-ring (bicyclic) bond motifs is 6. The Morgan fingerprint density at radius 2 is 1.26 bits per heavy atom. The first-order valence-corrected chi connectivity index (χ1v) is 29.8. The van der Waals surface area contributed by atoms with Gasteiger partial charge in [0.25, 0.3) is 0 Å². The van der Waals surface area contributed by atoms with Crippen LogP contribution in [0.4, 0.5) is 0 Å². The molecule has 9 rings (SSSR count). The fourth-order valence-corrected chi connectivity index (χ4v) is 11.2. The molecule has 2 aliphatic carbocycles. The minimum atomic E-state index is -1.10. The molecule has 16 heteroatoms. The van der Waals surface area contributed by atoms with E-state index in [9.17, 15) is 5.26 Å². The van der Waals surface area contributed by atoms with Crippen LogP contribution in [0.1, 0.15) is 69.2 Å². The van der Waals surface area contributed by atoms with Crippen LogP contribution < -0.4 is 11.1 Å². The largest absolute Gasteiger partial charge is 0.377 e. The third kappa shape index (κ3) is 9.53. The topological polar surface area (TPSA) is 160 Å². The molecule has 6 aromatic heterocycles. The number of nitrogens with one attached hydrogen (secondary N) is 1. The van der Waals surface area contributed by atoms with Gasteiger partial charge in [0.05, 0.1) is 54.7 Å². The molecule has 1 saturated heterocycles. The lowest BCUT2D eigenvalue weighted by Gasteiger charge is -2.42. The minimum absolute atomic E-state index is 0.169. The number of aromatic nitrogens is 8. The van der Waals surface area contributed by atoms with Crippen LogP contribution in [0, 0.1) is 23.2 Å². The molecule has 0 unspecified atom stereocenters. The van der Waals surface area contributed by atoms with Gasteiger partial charge in [0.2, 0.25) is 0 Å². The van der Waals surface area contributed by atoms with E-state index in [4.69, 9.17) is 29.9 Å². The van der Waals surface area contributed by atoms with Crippen LogP contribution in [0.2, 0.25) is 51.4 Å². The summed E-state index contributed by atoms with van der Waals surface area (Å²) in [7, 11) is -2.17. The Morgan fingerprint density at radius 1 is 0.754 bits per heavy atom. The predicted molar refractivity (Wildman–Crippen MR) is 246 cm³/mol. The highest BCUT2D eigenvalue weighted by molar-refractivity contribution is 6.76. The number of hydrogen-bond donors (Lipinski definition) is 2. The van der Waals surface area contributed by atoms with Crippen molar-refractivity contribution < 1.29 is 14.2 Å². The molecule has 2 saturated carbocycles. The molecule has 3 N–H and O–H groups in total. The zero-order chi connectivity index (χ0) is 43.1. The van der Waals surface area contributed by atoms with Crippen molar-refractivity contribution in [3.63, 3.8) is 0 Å². The maximum atomic E-state index is 9.25. The molecular weight excluding hydrogens is 799 g/mol. The van der Waals surface area contributed by atoms with Crippen LogP contribution in [0.3, 0.4) is 0 Å². The maximum absolute atomic E-state index is 9.25. The Labute approximate surface area is 362 Å². The van der Waals surface area contributed by atoms with Crippen LogP contribution in [0.15, 0.2) is 49.3 Å². The molecule has 1 aliphatic heterocycles. The lowest BCUT2D eigenvalue weighted by molar-refractivity contribution is -0.0769. The summed E-state index contributed by atoms with van der Waals surface area (Å²) in [6.45, 7) is 22.8. The van der Waals surface area contributed by atoms with E-state index in [1.807, 2.05) is 24.8 Å². The number of nitrogens with zero attached hydrogens (tertiary/aromatic N) is 9. The Bertz CT molecular complexity index is 2480. The van der Waals surface area contributed by atoms with E-state index in [-0.39, 0.29) is 11.6 Å². The molecule has 14 nitrogen and oxygen atoms in total. The van der Waals surface area contributed by atoms with Crippen molar-refractivity contribution in [2.75, 3.05) is 26.4 Å². The van der Waals surface area contributed by atoms with E-state index in [2.05, 4.69) is 117 Å². The van der Waals surface area contributed by atoms with Crippen molar-refractivity contribution >= 4 is 49.8 Å². The highest BCUT2D eigenvalue weighted by atomic mass is 28.3. The van der Waals surface area contributed by atoms with Gasteiger partial charge < -0.3 is 34.4 Å². The normalized spacial score (nSPS) is 24.1. The lowest BCUT2D eigenvalue weighted by atomic mass is 9.92. The summed E-state index contributed by atoms with van der Waals surface area (Å²) in [5.41, 5.74) is 14.4. The Hall–Kier alpha value is -3.96. The fraction of sp³-hybridized carbons (Fsp3) is 0.622. The first-order valence-electron chi connectivity index (χ1n) is 22.4. The second-order valence-corrected chi connectivity index (χ2v) is 32.0. The average Bonchev–Trinajstić information content (AvgIpc) is 4.04. The number of rotatable bonds is 15. The second-order valence-electron chi connectivity index (χ2n) is 20.8. The first-order chi connectivity index (χ1) is 29.1. The Balaban J connectivity index is 0.000000173. The first kappa shape index (κ1) is 43.7. The molecule has 6 aromatic rings. The van der Waals surface area contributed by atoms with Gasteiger partial charge in [0, 0.05) is 89.5 Å². The number of nitrogens with two attached hydrogens (primary N) is 1. The zero-order valence-electron chi connectivity index (χ0n) is 37.6. The summed E-state index contributed by atoms with van der Waals surface area (Å²) in [6.07, 6.45) is 16.6. The van der Waals surface area contributed by atoms with Gasteiger partial charge in [0.15, 0.2) is 22.6 Å². The van der Waals surface area contributed by atoms with Crippen LogP contribution in [-0.2, 0) is 27.7 Å². The summed E-state index contributed by atoms with van der Waals surface area (Å²) in [5.74, 6) is 1.95. The monoisotopic (exact) mass is 865 g/mol. The highest BCUT2D eigenvalue weighted by Crippen LogP contribution is 2.42. The van der Waals surface area contributed by atoms with Gasteiger partial charge >= 0.3 is 0 Å². The molecule has 7 heterocycles. The van der Waals surface area contributed by atoms with Gasteiger partial charge in [-0.3, -0.25) is 8.80 Å². The van der Waals surface area contributed by atoms with E-state index < -0.39 is 16.1 Å². The van der Waals surface area contributed by atoms with Gasteiger partial charge in [0.1, 0.15) is 13.5 Å². The van der Waals surface area contributed by atoms with E-state index in [1.54, 1.807) is 0 Å². The quantitative estimate of drug-likeness (QED) is 0.0766. The van der Waals surface area contributed by atoms with Crippen molar-refractivity contribution in [1.82, 2.24) is 43.2 Å². The Kier molecular flexibility index (Phi) is 12.6. The standard InChI is InChI=1S/C25H36N6O2Si.C20H31N5OSi/c1-18-11-19(29-25(6-7-26)15-33-16-25)12-20(18)22-13-27-23-14-28-24-21(31(22)23)5-8-30(24)17-32-9-10-34(2,3)4;1-14-9-15(21)10-16(14)18-11-22-19-12-23-20-17(25(18)19)5-6-24(20)13-26-7-8-27(2,3)4/h5,8,13-14,18-20,29H,6,9-12,15-17H2,1-4H3;5-6,11-12,14-16H,7-10,13,21H2,1-4H3/t18-,19+,20+;14-,15+,16+/m11/s1. The highest BCUT2D eigenvalue weighted by Gasteiger charge is 2.44. The van der Waals surface area contributed by atoms with Crippen LogP contribution in [0.25, 0.3) is 33.6 Å². The summed E-state index contributed by atoms with van der Waals surface area (Å²) in [5, 5.41) is 13.0. The Morgan fingerprint density at radius 3 is 1.70 bits per heavy atom.